The van der Waals surface area contributed by atoms with Crippen molar-refractivity contribution in [3.05, 3.63) is 12.7 Å². The fraction of sp³-hybridized carbons (Fsp3) is 0.833. The molecule has 0 aromatic heterocycles. The summed E-state index contributed by atoms with van der Waals surface area (Å²) in [4.78, 5) is 2.53. The number of rotatable bonds is 7. The van der Waals surface area contributed by atoms with Crippen molar-refractivity contribution in [1.29, 1.82) is 0 Å². The van der Waals surface area contributed by atoms with Gasteiger partial charge in [0.25, 0.3) is 0 Å². The molecule has 2 heteroatoms. The second-order valence-electron chi connectivity index (χ2n) is 5.11. The van der Waals surface area contributed by atoms with Crippen molar-refractivity contribution in [3.8, 4) is 0 Å². The van der Waals surface area contributed by atoms with Crippen molar-refractivity contribution in [2.45, 2.75) is 51.1 Å². The first-order chi connectivity index (χ1) is 6.53. The maximum Gasteiger partial charge on any atom is 0.0163 e. The Bertz CT molecular complexity index is 177. The van der Waals surface area contributed by atoms with E-state index >= 15 is 0 Å². The van der Waals surface area contributed by atoms with Crippen LogP contribution in [0.3, 0.4) is 0 Å². The van der Waals surface area contributed by atoms with E-state index in [4.69, 9.17) is 5.73 Å². The molecule has 1 aliphatic rings. The minimum Gasteiger partial charge on any atom is -0.326 e. The van der Waals surface area contributed by atoms with Gasteiger partial charge in [0.1, 0.15) is 0 Å². The normalized spacial score (nSPS) is 17.4. The first-order valence-electron chi connectivity index (χ1n) is 5.67. The quantitative estimate of drug-likeness (QED) is 0.632. The molecular formula is C12H24N2. The van der Waals surface area contributed by atoms with Gasteiger partial charge in [-0.25, -0.2) is 0 Å². The Kier molecular flexibility index (Phi) is 4.14. The van der Waals surface area contributed by atoms with Crippen molar-refractivity contribution in [1.82, 2.24) is 4.90 Å². The molecule has 2 nitrogen and oxygen atoms in total. The molecule has 0 saturated heterocycles. The maximum atomic E-state index is 5.95. The van der Waals surface area contributed by atoms with Crippen LogP contribution in [0.15, 0.2) is 12.7 Å². The molecule has 0 heterocycles. The van der Waals surface area contributed by atoms with E-state index in [1.165, 1.54) is 25.8 Å². The van der Waals surface area contributed by atoms with Crippen LogP contribution in [0.1, 0.15) is 39.5 Å². The van der Waals surface area contributed by atoms with Gasteiger partial charge in [0.05, 0.1) is 0 Å². The Morgan fingerprint density at radius 1 is 1.50 bits per heavy atom. The molecule has 14 heavy (non-hydrogen) atoms. The first-order valence-corrected chi connectivity index (χ1v) is 5.67. The van der Waals surface area contributed by atoms with Gasteiger partial charge in [0, 0.05) is 18.1 Å². The Morgan fingerprint density at radius 3 is 2.57 bits per heavy atom. The molecule has 0 spiro atoms. The van der Waals surface area contributed by atoms with Gasteiger partial charge in [-0.1, -0.05) is 6.08 Å². The Balaban J connectivity index is 2.16. The lowest BCUT2D eigenvalue weighted by Gasteiger charge is -2.23. The second kappa shape index (κ2) is 4.94. The van der Waals surface area contributed by atoms with Crippen LogP contribution < -0.4 is 5.73 Å². The second-order valence-corrected chi connectivity index (χ2v) is 5.11. The molecule has 1 rings (SSSR count). The molecular weight excluding hydrogens is 172 g/mol. The summed E-state index contributed by atoms with van der Waals surface area (Å²) in [6.45, 7) is 10.2. The number of nitrogens with zero attached hydrogens (tertiary/aromatic N) is 1. The monoisotopic (exact) mass is 196 g/mol. The van der Waals surface area contributed by atoms with E-state index in [1.807, 2.05) is 6.08 Å². The van der Waals surface area contributed by atoms with E-state index in [0.717, 1.165) is 19.0 Å². The van der Waals surface area contributed by atoms with Gasteiger partial charge in [0.2, 0.25) is 0 Å². The van der Waals surface area contributed by atoms with Crippen molar-refractivity contribution in [2.24, 2.45) is 5.73 Å². The minimum absolute atomic E-state index is 0.0105. The van der Waals surface area contributed by atoms with E-state index in [9.17, 15) is 0 Å². The van der Waals surface area contributed by atoms with Gasteiger partial charge in [-0.05, 0) is 46.1 Å². The Morgan fingerprint density at radius 2 is 2.14 bits per heavy atom. The summed E-state index contributed by atoms with van der Waals surface area (Å²) in [7, 11) is 0. The third-order valence-corrected chi connectivity index (χ3v) is 2.69. The minimum atomic E-state index is -0.0105. The van der Waals surface area contributed by atoms with Gasteiger partial charge in [-0.2, -0.15) is 0 Å². The van der Waals surface area contributed by atoms with Crippen LogP contribution in [0.2, 0.25) is 0 Å². The highest BCUT2D eigenvalue weighted by Gasteiger charge is 2.27. The Hall–Kier alpha value is -0.340. The van der Waals surface area contributed by atoms with Crippen LogP contribution in [0, 0.1) is 0 Å². The molecule has 82 valence electrons. The number of hydrogen-bond acceptors (Lipinski definition) is 2. The Labute approximate surface area is 88.2 Å². The van der Waals surface area contributed by atoms with Crippen molar-refractivity contribution < 1.29 is 0 Å². The van der Waals surface area contributed by atoms with E-state index in [-0.39, 0.29) is 5.54 Å². The van der Waals surface area contributed by atoms with E-state index < -0.39 is 0 Å². The van der Waals surface area contributed by atoms with Crippen LogP contribution in [0.5, 0.6) is 0 Å². The van der Waals surface area contributed by atoms with Crippen LogP contribution >= 0.6 is 0 Å². The largest absolute Gasteiger partial charge is 0.326 e. The van der Waals surface area contributed by atoms with Gasteiger partial charge in [-0.15, -0.1) is 6.58 Å². The topological polar surface area (TPSA) is 29.3 Å². The molecule has 1 aliphatic carbocycles. The predicted octanol–water partition coefficient (Wildman–Crippen LogP) is 2.15. The van der Waals surface area contributed by atoms with Crippen LogP contribution in [0.25, 0.3) is 0 Å². The molecule has 0 amide bonds. The summed E-state index contributed by atoms with van der Waals surface area (Å²) in [6, 6.07) is 0.842. The summed E-state index contributed by atoms with van der Waals surface area (Å²) in [6.07, 6.45) is 7.06. The fourth-order valence-corrected chi connectivity index (χ4v) is 1.77. The van der Waals surface area contributed by atoms with E-state index in [2.05, 4.69) is 25.3 Å². The third kappa shape index (κ3) is 4.77. The van der Waals surface area contributed by atoms with E-state index in [1.54, 1.807) is 0 Å². The SMILES string of the molecule is C=CCN(CCCC(C)(C)N)C1CC1. The van der Waals surface area contributed by atoms with Crippen molar-refractivity contribution in [3.63, 3.8) is 0 Å². The summed E-state index contributed by atoms with van der Waals surface area (Å²) in [5.41, 5.74) is 5.94. The average Bonchev–Trinajstić information content (AvgIpc) is 2.83. The van der Waals surface area contributed by atoms with Gasteiger partial charge in [-0.3, -0.25) is 4.90 Å². The lowest BCUT2D eigenvalue weighted by atomic mass is 10.00. The molecule has 0 bridgehead atoms. The highest BCUT2D eigenvalue weighted by molar-refractivity contribution is 4.88. The lowest BCUT2D eigenvalue weighted by Crippen LogP contribution is -2.34. The molecule has 1 fully saturated rings. The van der Waals surface area contributed by atoms with Crippen molar-refractivity contribution in [2.75, 3.05) is 13.1 Å². The van der Waals surface area contributed by atoms with Gasteiger partial charge < -0.3 is 5.73 Å². The van der Waals surface area contributed by atoms with Crippen LogP contribution in [0.4, 0.5) is 0 Å². The first kappa shape index (κ1) is 11.7. The molecule has 0 aliphatic heterocycles. The van der Waals surface area contributed by atoms with Crippen LogP contribution in [-0.2, 0) is 0 Å². The summed E-state index contributed by atoms with van der Waals surface area (Å²) in [5, 5.41) is 0. The maximum absolute atomic E-state index is 5.95. The molecule has 0 radical (unpaired) electrons. The molecule has 0 unspecified atom stereocenters. The highest BCUT2D eigenvalue weighted by atomic mass is 15.2. The summed E-state index contributed by atoms with van der Waals surface area (Å²) >= 11 is 0. The third-order valence-electron chi connectivity index (χ3n) is 2.69. The van der Waals surface area contributed by atoms with E-state index in [0.29, 0.717) is 0 Å². The van der Waals surface area contributed by atoms with Crippen molar-refractivity contribution >= 4 is 0 Å². The molecule has 0 aromatic carbocycles. The standard InChI is InChI=1S/C12H24N2/c1-4-9-14(11-6-7-11)10-5-8-12(2,3)13/h4,11H,1,5-10,13H2,2-3H3. The highest BCUT2D eigenvalue weighted by Crippen LogP contribution is 2.27. The molecule has 1 saturated carbocycles. The molecule has 0 atom stereocenters. The predicted molar refractivity (Wildman–Crippen MR) is 62.3 cm³/mol. The molecule has 0 aromatic rings. The average molecular weight is 196 g/mol. The fourth-order valence-electron chi connectivity index (χ4n) is 1.77. The lowest BCUT2D eigenvalue weighted by molar-refractivity contribution is 0.274. The smallest absolute Gasteiger partial charge is 0.0163 e. The number of hydrogen-bond donors (Lipinski definition) is 1. The zero-order valence-corrected chi connectivity index (χ0v) is 9.63. The van der Waals surface area contributed by atoms with Gasteiger partial charge in [0.15, 0.2) is 0 Å². The zero-order valence-electron chi connectivity index (χ0n) is 9.63. The molecule has 2 N–H and O–H groups in total. The van der Waals surface area contributed by atoms with Gasteiger partial charge >= 0.3 is 0 Å². The number of nitrogens with two attached hydrogens (primary N) is 1. The summed E-state index contributed by atoms with van der Waals surface area (Å²) < 4.78 is 0. The van der Waals surface area contributed by atoms with Crippen LogP contribution in [-0.4, -0.2) is 29.6 Å². The zero-order chi connectivity index (χ0) is 10.6. The summed E-state index contributed by atoms with van der Waals surface area (Å²) in [5.74, 6) is 0.